The summed E-state index contributed by atoms with van der Waals surface area (Å²) in [4.78, 5) is 27.1. The predicted molar refractivity (Wildman–Crippen MR) is 90.4 cm³/mol. The van der Waals surface area contributed by atoms with E-state index in [9.17, 15) is 14.9 Å². The zero-order chi connectivity index (χ0) is 17.5. The Morgan fingerprint density at radius 3 is 2.79 bits per heavy atom. The third kappa shape index (κ3) is 4.50. The van der Waals surface area contributed by atoms with Crippen LogP contribution in [0.25, 0.3) is 0 Å². The SMILES string of the molecule is COCCNc1ccc(C(=O)Nc2cccc(C)n2)cc1[N+](=O)[O-]. The molecule has 1 amide bonds. The Morgan fingerprint density at radius 2 is 2.12 bits per heavy atom. The Balaban J connectivity index is 2.19. The fourth-order valence-corrected chi connectivity index (χ4v) is 2.06. The van der Waals surface area contributed by atoms with Gasteiger partial charge in [0.1, 0.15) is 11.5 Å². The van der Waals surface area contributed by atoms with Gasteiger partial charge in [0.2, 0.25) is 0 Å². The van der Waals surface area contributed by atoms with E-state index in [0.29, 0.717) is 24.7 Å². The van der Waals surface area contributed by atoms with Gasteiger partial charge >= 0.3 is 0 Å². The Hall–Kier alpha value is -3.00. The zero-order valence-corrected chi connectivity index (χ0v) is 13.4. The standard InChI is InChI=1S/C16H18N4O4/c1-11-4-3-5-15(18-11)19-16(21)12-6-7-13(17-8-9-24-2)14(10-12)20(22)23/h3-7,10,17H,8-9H2,1-2H3,(H,18,19,21). The van der Waals surface area contributed by atoms with Gasteiger partial charge in [-0.1, -0.05) is 6.07 Å². The second-order valence-electron chi connectivity index (χ2n) is 5.03. The molecule has 2 N–H and O–H groups in total. The van der Waals surface area contributed by atoms with Gasteiger partial charge in [0.05, 0.1) is 11.5 Å². The van der Waals surface area contributed by atoms with Crippen LogP contribution in [0.5, 0.6) is 0 Å². The number of anilines is 2. The van der Waals surface area contributed by atoms with Crippen molar-refractivity contribution in [3.8, 4) is 0 Å². The summed E-state index contributed by atoms with van der Waals surface area (Å²) >= 11 is 0. The van der Waals surface area contributed by atoms with Crippen LogP contribution in [0, 0.1) is 17.0 Å². The molecular formula is C16H18N4O4. The number of carbonyl (C=O) groups is 1. The monoisotopic (exact) mass is 330 g/mol. The molecule has 0 saturated heterocycles. The summed E-state index contributed by atoms with van der Waals surface area (Å²) in [6.45, 7) is 2.65. The highest BCUT2D eigenvalue weighted by Gasteiger charge is 2.17. The number of aromatic nitrogens is 1. The number of ether oxygens (including phenoxy) is 1. The lowest BCUT2D eigenvalue weighted by atomic mass is 10.1. The van der Waals surface area contributed by atoms with Crippen LogP contribution in [-0.2, 0) is 4.74 Å². The molecule has 126 valence electrons. The number of hydrogen-bond acceptors (Lipinski definition) is 6. The number of nitrogens with one attached hydrogen (secondary N) is 2. The summed E-state index contributed by atoms with van der Waals surface area (Å²) in [6, 6.07) is 9.49. The van der Waals surface area contributed by atoms with Crippen molar-refractivity contribution >= 4 is 23.1 Å². The molecule has 24 heavy (non-hydrogen) atoms. The molecule has 0 aliphatic heterocycles. The number of methoxy groups -OCH3 is 1. The number of hydrogen-bond donors (Lipinski definition) is 2. The van der Waals surface area contributed by atoms with Crippen molar-refractivity contribution in [1.82, 2.24) is 4.98 Å². The molecular weight excluding hydrogens is 312 g/mol. The lowest BCUT2D eigenvalue weighted by molar-refractivity contribution is -0.384. The van der Waals surface area contributed by atoms with Crippen molar-refractivity contribution in [3.63, 3.8) is 0 Å². The van der Waals surface area contributed by atoms with Gasteiger partial charge in [0.25, 0.3) is 11.6 Å². The van der Waals surface area contributed by atoms with Gasteiger partial charge in [0.15, 0.2) is 0 Å². The Kier molecular flexibility index (Phi) is 5.80. The van der Waals surface area contributed by atoms with Crippen molar-refractivity contribution in [1.29, 1.82) is 0 Å². The van der Waals surface area contributed by atoms with E-state index in [2.05, 4.69) is 15.6 Å². The van der Waals surface area contributed by atoms with Crippen LogP contribution in [-0.4, -0.2) is 36.1 Å². The highest BCUT2D eigenvalue weighted by Crippen LogP contribution is 2.25. The summed E-state index contributed by atoms with van der Waals surface area (Å²) in [5.74, 6) is -0.0652. The second-order valence-corrected chi connectivity index (χ2v) is 5.03. The quantitative estimate of drug-likeness (QED) is 0.459. The Labute approximate surface area is 139 Å². The van der Waals surface area contributed by atoms with Gasteiger partial charge in [-0.05, 0) is 31.2 Å². The summed E-state index contributed by atoms with van der Waals surface area (Å²) in [6.07, 6.45) is 0. The molecule has 2 aromatic rings. The van der Waals surface area contributed by atoms with Crippen LogP contribution in [0.3, 0.4) is 0 Å². The molecule has 0 atom stereocenters. The highest BCUT2D eigenvalue weighted by atomic mass is 16.6. The van der Waals surface area contributed by atoms with Gasteiger partial charge in [-0.15, -0.1) is 0 Å². The topological polar surface area (TPSA) is 106 Å². The first-order valence-corrected chi connectivity index (χ1v) is 7.27. The first kappa shape index (κ1) is 17.4. The molecule has 8 heteroatoms. The molecule has 0 aliphatic carbocycles. The predicted octanol–water partition coefficient (Wildman–Crippen LogP) is 2.61. The van der Waals surface area contributed by atoms with Crippen LogP contribution in [0.15, 0.2) is 36.4 Å². The minimum Gasteiger partial charge on any atom is -0.383 e. The molecule has 0 bridgehead atoms. The number of benzene rings is 1. The molecule has 0 spiro atoms. The lowest BCUT2D eigenvalue weighted by Crippen LogP contribution is -2.14. The molecule has 1 heterocycles. The number of aryl methyl sites for hydroxylation is 1. The van der Waals surface area contributed by atoms with Crippen molar-refractivity contribution < 1.29 is 14.5 Å². The van der Waals surface area contributed by atoms with Gasteiger partial charge in [-0.3, -0.25) is 14.9 Å². The van der Waals surface area contributed by atoms with Crippen LogP contribution >= 0.6 is 0 Å². The van der Waals surface area contributed by atoms with Crippen molar-refractivity contribution in [3.05, 3.63) is 57.8 Å². The minimum absolute atomic E-state index is 0.170. The molecule has 0 unspecified atom stereocenters. The van der Waals surface area contributed by atoms with Crippen LogP contribution in [0.4, 0.5) is 17.2 Å². The number of nitro groups is 1. The van der Waals surface area contributed by atoms with Crippen molar-refractivity contribution in [2.24, 2.45) is 0 Å². The highest BCUT2D eigenvalue weighted by molar-refractivity contribution is 6.04. The first-order chi connectivity index (χ1) is 11.5. The Bertz CT molecular complexity index is 749. The van der Waals surface area contributed by atoms with Gasteiger partial charge in [-0.25, -0.2) is 4.98 Å². The molecule has 0 fully saturated rings. The summed E-state index contributed by atoms with van der Waals surface area (Å²) in [7, 11) is 1.54. The summed E-state index contributed by atoms with van der Waals surface area (Å²) in [5, 5.41) is 16.8. The molecule has 2 rings (SSSR count). The number of rotatable bonds is 7. The lowest BCUT2D eigenvalue weighted by Gasteiger charge is -2.09. The average Bonchev–Trinajstić information content (AvgIpc) is 2.55. The van der Waals surface area contributed by atoms with E-state index in [1.807, 2.05) is 0 Å². The van der Waals surface area contributed by atoms with E-state index in [4.69, 9.17) is 4.74 Å². The second kappa shape index (κ2) is 8.02. The number of pyridine rings is 1. The van der Waals surface area contributed by atoms with Crippen LogP contribution in [0.2, 0.25) is 0 Å². The summed E-state index contributed by atoms with van der Waals surface area (Å²) < 4.78 is 4.90. The zero-order valence-electron chi connectivity index (χ0n) is 13.4. The van der Waals surface area contributed by atoms with Crippen molar-refractivity contribution in [2.75, 3.05) is 30.9 Å². The normalized spacial score (nSPS) is 10.2. The number of nitrogens with zero attached hydrogens (tertiary/aromatic N) is 2. The number of nitro benzene ring substituents is 1. The van der Waals surface area contributed by atoms with Gasteiger partial charge in [0, 0.05) is 31.0 Å². The minimum atomic E-state index is -0.531. The van der Waals surface area contributed by atoms with E-state index < -0.39 is 10.8 Å². The summed E-state index contributed by atoms with van der Waals surface area (Å²) in [5.41, 5.74) is 1.11. The van der Waals surface area contributed by atoms with E-state index >= 15 is 0 Å². The molecule has 1 aromatic carbocycles. The van der Waals surface area contributed by atoms with Gasteiger partial charge < -0.3 is 15.4 Å². The maximum atomic E-state index is 12.3. The number of amides is 1. The van der Waals surface area contributed by atoms with Crippen LogP contribution in [0.1, 0.15) is 16.1 Å². The molecule has 0 radical (unpaired) electrons. The first-order valence-electron chi connectivity index (χ1n) is 7.27. The van der Waals surface area contributed by atoms with E-state index in [1.54, 1.807) is 32.2 Å². The van der Waals surface area contributed by atoms with Crippen molar-refractivity contribution in [2.45, 2.75) is 6.92 Å². The maximum Gasteiger partial charge on any atom is 0.293 e. The molecule has 0 saturated carbocycles. The smallest absolute Gasteiger partial charge is 0.293 e. The Morgan fingerprint density at radius 1 is 1.33 bits per heavy atom. The third-order valence-corrected chi connectivity index (χ3v) is 3.21. The van der Waals surface area contributed by atoms with E-state index in [0.717, 1.165) is 5.69 Å². The molecule has 0 aliphatic rings. The number of carbonyl (C=O) groups excluding carboxylic acids is 1. The fourth-order valence-electron chi connectivity index (χ4n) is 2.06. The largest absolute Gasteiger partial charge is 0.383 e. The molecule has 8 nitrogen and oxygen atoms in total. The molecule has 1 aromatic heterocycles. The maximum absolute atomic E-state index is 12.3. The van der Waals surface area contributed by atoms with Gasteiger partial charge in [-0.2, -0.15) is 0 Å². The average molecular weight is 330 g/mol. The fraction of sp³-hybridized carbons (Fsp3) is 0.250. The van der Waals surface area contributed by atoms with Crippen LogP contribution < -0.4 is 10.6 Å². The van der Waals surface area contributed by atoms with E-state index in [-0.39, 0.29) is 11.3 Å². The van der Waals surface area contributed by atoms with E-state index in [1.165, 1.54) is 18.2 Å². The third-order valence-electron chi connectivity index (χ3n) is 3.21.